The monoisotopic (exact) mass is 244 g/mol. The summed E-state index contributed by atoms with van der Waals surface area (Å²) in [5.74, 6) is 0. The lowest BCUT2D eigenvalue weighted by atomic mass is 9.91. The smallest absolute Gasteiger partial charge is 0.0938 e. The highest BCUT2D eigenvalue weighted by Crippen LogP contribution is 2.20. The summed E-state index contributed by atoms with van der Waals surface area (Å²) in [6, 6.07) is 0. The van der Waals surface area contributed by atoms with Crippen molar-refractivity contribution in [2.75, 3.05) is 26.2 Å². The normalized spacial score (nSPS) is 27.7. The Balaban J connectivity index is 2.39. The average molecular weight is 244 g/mol. The third kappa shape index (κ3) is 5.34. The molecule has 0 bridgehead atoms. The fourth-order valence-electron chi connectivity index (χ4n) is 2.14. The van der Waals surface area contributed by atoms with Gasteiger partial charge in [0.1, 0.15) is 0 Å². The number of aliphatic hydroxyl groups excluding tert-OH is 2. The zero-order valence-electron chi connectivity index (χ0n) is 11.8. The van der Waals surface area contributed by atoms with Crippen molar-refractivity contribution in [2.24, 2.45) is 5.41 Å². The second-order valence-electron chi connectivity index (χ2n) is 7.10. The summed E-state index contributed by atoms with van der Waals surface area (Å²) < 4.78 is 0. The van der Waals surface area contributed by atoms with Crippen LogP contribution in [-0.4, -0.2) is 59.0 Å². The molecule has 1 fully saturated rings. The standard InChI is InChI=1S/C13H28N2O2/c1-12(2,3)14-8-13(4,5)9-15-6-10(16)11(17)7-15/h10-11,14,16-17H,6-9H2,1-5H3. The maximum absolute atomic E-state index is 9.52. The summed E-state index contributed by atoms with van der Waals surface area (Å²) in [5.41, 5.74) is 0.262. The number of nitrogens with zero attached hydrogens (tertiary/aromatic N) is 1. The lowest BCUT2D eigenvalue weighted by Gasteiger charge is -2.33. The Morgan fingerprint density at radius 2 is 1.53 bits per heavy atom. The maximum Gasteiger partial charge on any atom is 0.0938 e. The van der Waals surface area contributed by atoms with Crippen LogP contribution in [0.4, 0.5) is 0 Å². The van der Waals surface area contributed by atoms with Crippen LogP contribution in [0.25, 0.3) is 0 Å². The number of hydrogen-bond acceptors (Lipinski definition) is 4. The van der Waals surface area contributed by atoms with E-state index in [2.05, 4.69) is 44.8 Å². The molecular formula is C13H28N2O2. The number of β-amino-alcohol motifs (C(OH)–C–C–N with tert-alkyl or cyclic N) is 2. The molecule has 1 saturated heterocycles. The van der Waals surface area contributed by atoms with Crippen LogP contribution in [0.15, 0.2) is 0 Å². The topological polar surface area (TPSA) is 55.7 Å². The van der Waals surface area contributed by atoms with Crippen molar-refractivity contribution >= 4 is 0 Å². The quantitative estimate of drug-likeness (QED) is 0.671. The molecule has 0 spiro atoms. The van der Waals surface area contributed by atoms with E-state index in [-0.39, 0.29) is 11.0 Å². The van der Waals surface area contributed by atoms with Gasteiger partial charge < -0.3 is 15.5 Å². The van der Waals surface area contributed by atoms with E-state index >= 15 is 0 Å². The van der Waals surface area contributed by atoms with Crippen molar-refractivity contribution in [3.8, 4) is 0 Å². The Hall–Kier alpha value is -0.160. The summed E-state index contributed by atoms with van der Waals surface area (Å²) in [4.78, 5) is 2.14. The third-order valence-electron chi connectivity index (χ3n) is 3.08. The fourth-order valence-corrected chi connectivity index (χ4v) is 2.14. The lowest BCUT2D eigenvalue weighted by Crippen LogP contribution is -2.46. The van der Waals surface area contributed by atoms with Crippen LogP contribution in [0, 0.1) is 5.41 Å². The van der Waals surface area contributed by atoms with Crippen LogP contribution in [0.1, 0.15) is 34.6 Å². The van der Waals surface area contributed by atoms with Gasteiger partial charge in [0.25, 0.3) is 0 Å². The van der Waals surface area contributed by atoms with Crippen LogP contribution in [0.3, 0.4) is 0 Å². The molecule has 1 aliphatic heterocycles. The Labute approximate surface area is 105 Å². The van der Waals surface area contributed by atoms with Gasteiger partial charge in [-0.05, 0) is 26.2 Å². The van der Waals surface area contributed by atoms with Gasteiger partial charge in [-0.15, -0.1) is 0 Å². The first-order valence-corrected chi connectivity index (χ1v) is 6.43. The second-order valence-corrected chi connectivity index (χ2v) is 7.10. The van der Waals surface area contributed by atoms with Gasteiger partial charge in [-0.2, -0.15) is 0 Å². The molecule has 1 heterocycles. The zero-order valence-corrected chi connectivity index (χ0v) is 11.8. The van der Waals surface area contributed by atoms with Crippen molar-refractivity contribution in [1.82, 2.24) is 10.2 Å². The van der Waals surface area contributed by atoms with Gasteiger partial charge in [-0.25, -0.2) is 0 Å². The first-order chi connectivity index (χ1) is 7.59. The summed E-state index contributed by atoms with van der Waals surface area (Å²) >= 11 is 0. The highest BCUT2D eigenvalue weighted by molar-refractivity contribution is 4.88. The number of aliphatic hydroxyl groups is 2. The molecule has 1 rings (SSSR count). The molecule has 3 N–H and O–H groups in total. The molecule has 0 aromatic rings. The Morgan fingerprint density at radius 1 is 1.06 bits per heavy atom. The van der Waals surface area contributed by atoms with E-state index in [0.717, 1.165) is 13.1 Å². The molecule has 0 aromatic heterocycles. The largest absolute Gasteiger partial charge is 0.389 e. The molecule has 0 saturated carbocycles. The van der Waals surface area contributed by atoms with Gasteiger partial charge in [0.15, 0.2) is 0 Å². The predicted octanol–water partition coefficient (Wildman–Crippen LogP) is 0.438. The molecule has 0 radical (unpaired) electrons. The Bertz CT molecular complexity index is 238. The van der Waals surface area contributed by atoms with E-state index in [4.69, 9.17) is 0 Å². The van der Waals surface area contributed by atoms with Gasteiger partial charge in [0, 0.05) is 31.7 Å². The minimum atomic E-state index is -0.582. The van der Waals surface area contributed by atoms with E-state index in [0.29, 0.717) is 13.1 Å². The van der Waals surface area contributed by atoms with E-state index < -0.39 is 12.2 Å². The molecule has 0 aromatic carbocycles. The fraction of sp³-hybridized carbons (Fsp3) is 1.00. The molecule has 1 aliphatic rings. The van der Waals surface area contributed by atoms with E-state index in [1.54, 1.807) is 0 Å². The number of likely N-dealkylation sites (tertiary alicyclic amines) is 1. The summed E-state index contributed by atoms with van der Waals surface area (Å²) in [5, 5.41) is 22.5. The number of rotatable bonds is 4. The van der Waals surface area contributed by atoms with Crippen LogP contribution < -0.4 is 5.32 Å². The van der Waals surface area contributed by atoms with Crippen molar-refractivity contribution in [2.45, 2.75) is 52.4 Å². The molecular weight excluding hydrogens is 216 g/mol. The molecule has 2 atom stereocenters. The van der Waals surface area contributed by atoms with E-state index in [9.17, 15) is 10.2 Å². The van der Waals surface area contributed by atoms with Crippen LogP contribution >= 0.6 is 0 Å². The maximum atomic E-state index is 9.52. The highest BCUT2D eigenvalue weighted by Gasteiger charge is 2.33. The van der Waals surface area contributed by atoms with Gasteiger partial charge in [0.05, 0.1) is 12.2 Å². The molecule has 17 heavy (non-hydrogen) atoms. The van der Waals surface area contributed by atoms with Gasteiger partial charge in [-0.3, -0.25) is 4.90 Å². The van der Waals surface area contributed by atoms with Crippen LogP contribution in [0.2, 0.25) is 0 Å². The summed E-state index contributed by atoms with van der Waals surface area (Å²) in [7, 11) is 0. The van der Waals surface area contributed by atoms with Gasteiger partial charge in [0.2, 0.25) is 0 Å². The third-order valence-corrected chi connectivity index (χ3v) is 3.08. The number of nitrogens with one attached hydrogen (secondary N) is 1. The molecule has 2 unspecified atom stereocenters. The van der Waals surface area contributed by atoms with Crippen molar-refractivity contribution in [3.05, 3.63) is 0 Å². The number of hydrogen-bond donors (Lipinski definition) is 3. The van der Waals surface area contributed by atoms with E-state index in [1.807, 2.05) is 0 Å². The predicted molar refractivity (Wildman–Crippen MR) is 70.0 cm³/mol. The SMILES string of the molecule is CC(C)(CNC(C)(C)C)CN1CC(O)C(O)C1. The van der Waals surface area contributed by atoms with Gasteiger partial charge in [-0.1, -0.05) is 13.8 Å². The molecule has 4 heteroatoms. The Kier molecular flexibility index (Phi) is 4.58. The van der Waals surface area contributed by atoms with E-state index in [1.165, 1.54) is 0 Å². The zero-order chi connectivity index (χ0) is 13.3. The molecule has 102 valence electrons. The van der Waals surface area contributed by atoms with Crippen LogP contribution in [0.5, 0.6) is 0 Å². The van der Waals surface area contributed by atoms with Crippen molar-refractivity contribution < 1.29 is 10.2 Å². The average Bonchev–Trinajstić information content (AvgIpc) is 2.41. The van der Waals surface area contributed by atoms with Crippen LogP contribution in [-0.2, 0) is 0 Å². The first kappa shape index (κ1) is 14.9. The molecule has 4 nitrogen and oxygen atoms in total. The second kappa shape index (κ2) is 5.22. The van der Waals surface area contributed by atoms with Crippen molar-refractivity contribution in [1.29, 1.82) is 0 Å². The van der Waals surface area contributed by atoms with Crippen molar-refractivity contribution in [3.63, 3.8) is 0 Å². The first-order valence-electron chi connectivity index (χ1n) is 6.43. The minimum Gasteiger partial charge on any atom is -0.389 e. The summed E-state index contributed by atoms with van der Waals surface area (Å²) in [6.07, 6.45) is -1.16. The minimum absolute atomic E-state index is 0.126. The molecule has 0 aliphatic carbocycles. The summed E-state index contributed by atoms with van der Waals surface area (Å²) in [6.45, 7) is 13.9. The highest BCUT2D eigenvalue weighted by atomic mass is 16.3. The van der Waals surface area contributed by atoms with Gasteiger partial charge >= 0.3 is 0 Å². The molecule has 0 amide bonds. The lowest BCUT2D eigenvalue weighted by molar-refractivity contribution is 0.0572. The Morgan fingerprint density at radius 3 is 1.94 bits per heavy atom.